The summed E-state index contributed by atoms with van der Waals surface area (Å²) >= 11 is 0. The Balaban J connectivity index is 0.000000738. The molecule has 2 heterocycles. The van der Waals surface area contributed by atoms with E-state index >= 15 is 0 Å². The fourth-order valence-corrected chi connectivity index (χ4v) is 4.50. The monoisotopic (exact) mass is 633 g/mol. The third-order valence-electron chi connectivity index (χ3n) is 6.29. The molecule has 0 bridgehead atoms. The van der Waals surface area contributed by atoms with Crippen molar-refractivity contribution in [1.29, 1.82) is 0 Å². The quantitative estimate of drug-likeness (QED) is 0.194. The molecule has 0 fully saturated rings. The van der Waals surface area contributed by atoms with E-state index in [1.165, 1.54) is 32.6 Å². The minimum atomic E-state index is -1.08. The summed E-state index contributed by atoms with van der Waals surface area (Å²) in [5.74, 6) is -2.13. The fraction of sp³-hybridized carbons (Fsp3) is 0.382. The Labute approximate surface area is 268 Å². The zero-order valence-corrected chi connectivity index (χ0v) is 27.5. The molecule has 2 unspecified atom stereocenters. The van der Waals surface area contributed by atoms with Crippen molar-refractivity contribution < 1.29 is 42.9 Å². The zero-order chi connectivity index (χ0) is 34.3. The van der Waals surface area contributed by atoms with E-state index in [0.29, 0.717) is 11.4 Å². The number of esters is 4. The van der Waals surface area contributed by atoms with Gasteiger partial charge < -0.3 is 18.9 Å². The number of aromatic nitrogens is 2. The summed E-state index contributed by atoms with van der Waals surface area (Å²) in [5, 5.41) is 0. The number of benzene rings is 2. The van der Waals surface area contributed by atoms with Crippen LogP contribution in [-0.4, -0.2) is 58.2 Å². The first kappa shape index (κ1) is 35.4. The van der Waals surface area contributed by atoms with Gasteiger partial charge in [0.25, 0.3) is 0 Å². The van der Waals surface area contributed by atoms with Crippen molar-refractivity contribution in [3.05, 3.63) is 65.4 Å². The summed E-state index contributed by atoms with van der Waals surface area (Å²) in [4.78, 5) is 68.4. The van der Waals surface area contributed by atoms with Gasteiger partial charge in [-0.15, -0.1) is 0 Å². The van der Waals surface area contributed by atoms with Crippen molar-refractivity contribution in [2.24, 2.45) is 0 Å². The van der Waals surface area contributed by atoms with Gasteiger partial charge in [-0.25, -0.2) is 14.8 Å². The van der Waals surface area contributed by atoms with Crippen LogP contribution in [0.2, 0.25) is 0 Å². The molecule has 12 heteroatoms. The number of carbonyl (C=O) groups is 5. The van der Waals surface area contributed by atoms with Gasteiger partial charge in [0.15, 0.2) is 18.0 Å². The number of hydrogen-bond donors (Lipinski definition) is 0. The van der Waals surface area contributed by atoms with Crippen LogP contribution in [0.5, 0.6) is 0 Å². The van der Waals surface area contributed by atoms with Gasteiger partial charge in [0.05, 0.1) is 17.9 Å². The molecule has 0 radical (unpaired) electrons. The SMILES string of the molecule is CC(=O)OC(C)=O.CC(=O)OC1CN(C(=O)OC(C)(C)C)c2nc(-c3ccc(C)cc3)c(-c3ccc(C)cc3)nc2C1OC(C)=O. The number of rotatable bonds is 4. The number of aryl methyl sites for hydroxylation is 2. The summed E-state index contributed by atoms with van der Waals surface area (Å²) in [7, 11) is 0. The Morgan fingerprint density at radius 2 is 1.15 bits per heavy atom. The maximum absolute atomic E-state index is 13.4. The predicted octanol–water partition coefficient (Wildman–Crippen LogP) is 5.81. The fourth-order valence-electron chi connectivity index (χ4n) is 4.50. The van der Waals surface area contributed by atoms with Crippen molar-refractivity contribution in [2.75, 3.05) is 11.4 Å². The molecule has 2 atom stereocenters. The summed E-state index contributed by atoms with van der Waals surface area (Å²) in [6.45, 7) is 14.0. The highest BCUT2D eigenvalue weighted by Crippen LogP contribution is 2.41. The Kier molecular flexibility index (Phi) is 11.3. The number of anilines is 1. The molecule has 244 valence electrons. The number of carbonyl (C=O) groups excluding carboxylic acids is 5. The molecule has 1 aliphatic heterocycles. The largest absolute Gasteiger partial charge is 0.456 e. The molecule has 0 saturated carbocycles. The van der Waals surface area contributed by atoms with Crippen LogP contribution in [0.4, 0.5) is 10.6 Å². The van der Waals surface area contributed by atoms with Crippen LogP contribution in [-0.2, 0) is 38.1 Å². The molecule has 2 aromatic carbocycles. The summed E-state index contributed by atoms with van der Waals surface area (Å²) < 4.78 is 20.8. The highest BCUT2D eigenvalue weighted by atomic mass is 16.6. The smallest absolute Gasteiger partial charge is 0.416 e. The zero-order valence-electron chi connectivity index (χ0n) is 27.5. The number of ether oxygens (including phenoxy) is 4. The molecule has 3 aromatic rings. The Hall–Kier alpha value is -5.13. The van der Waals surface area contributed by atoms with Crippen LogP contribution in [0.3, 0.4) is 0 Å². The Morgan fingerprint density at radius 3 is 1.54 bits per heavy atom. The van der Waals surface area contributed by atoms with Gasteiger partial charge in [-0.2, -0.15) is 0 Å². The van der Waals surface area contributed by atoms with Crippen molar-refractivity contribution in [3.63, 3.8) is 0 Å². The lowest BCUT2D eigenvalue weighted by molar-refractivity contribution is -0.166. The van der Waals surface area contributed by atoms with Crippen LogP contribution in [0.25, 0.3) is 22.5 Å². The van der Waals surface area contributed by atoms with Crippen molar-refractivity contribution in [1.82, 2.24) is 9.97 Å². The lowest BCUT2D eigenvalue weighted by atomic mass is 9.99. The van der Waals surface area contributed by atoms with Gasteiger partial charge in [-0.1, -0.05) is 59.7 Å². The lowest BCUT2D eigenvalue weighted by Crippen LogP contribution is -2.49. The number of fused-ring (bicyclic) bond motifs is 1. The molecule has 0 aliphatic carbocycles. The van der Waals surface area contributed by atoms with Gasteiger partial charge in [-0.05, 0) is 34.6 Å². The molecular weight excluding hydrogens is 594 g/mol. The average molecular weight is 634 g/mol. The second-order valence-corrected chi connectivity index (χ2v) is 11.7. The maximum Gasteiger partial charge on any atom is 0.416 e. The second-order valence-electron chi connectivity index (χ2n) is 11.7. The molecule has 46 heavy (non-hydrogen) atoms. The van der Waals surface area contributed by atoms with Crippen molar-refractivity contribution in [3.8, 4) is 22.5 Å². The van der Waals surface area contributed by atoms with Gasteiger partial charge in [0.1, 0.15) is 11.3 Å². The van der Waals surface area contributed by atoms with Gasteiger partial charge in [0, 0.05) is 38.8 Å². The van der Waals surface area contributed by atoms with Crippen LogP contribution in [0.15, 0.2) is 48.5 Å². The summed E-state index contributed by atoms with van der Waals surface area (Å²) in [5.41, 5.74) is 4.20. The molecule has 0 N–H and O–H groups in total. The summed E-state index contributed by atoms with van der Waals surface area (Å²) in [6.07, 6.45) is -2.78. The minimum Gasteiger partial charge on any atom is -0.456 e. The van der Waals surface area contributed by atoms with E-state index in [1.54, 1.807) is 20.8 Å². The van der Waals surface area contributed by atoms with E-state index in [9.17, 15) is 24.0 Å². The van der Waals surface area contributed by atoms with E-state index in [2.05, 4.69) is 4.74 Å². The molecule has 4 rings (SSSR count). The average Bonchev–Trinajstić information content (AvgIpc) is 2.92. The third kappa shape index (κ3) is 9.68. The Morgan fingerprint density at radius 1 is 0.696 bits per heavy atom. The van der Waals surface area contributed by atoms with E-state index in [4.69, 9.17) is 24.2 Å². The van der Waals surface area contributed by atoms with Crippen LogP contribution < -0.4 is 4.90 Å². The molecule has 1 aromatic heterocycles. The van der Waals surface area contributed by atoms with Gasteiger partial charge in [-0.3, -0.25) is 24.1 Å². The molecule has 0 saturated heterocycles. The molecule has 1 aliphatic rings. The van der Waals surface area contributed by atoms with Crippen LogP contribution in [0.1, 0.15) is 71.4 Å². The normalized spacial score (nSPS) is 15.4. The third-order valence-corrected chi connectivity index (χ3v) is 6.29. The number of hydrogen-bond acceptors (Lipinski definition) is 11. The minimum absolute atomic E-state index is 0.134. The van der Waals surface area contributed by atoms with Crippen LogP contribution >= 0.6 is 0 Å². The first-order valence-corrected chi connectivity index (χ1v) is 14.5. The van der Waals surface area contributed by atoms with E-state index < -0.39 is 47.8 Å². The first-order valence-electron chi connectivity index (χ1n) is 14.5. The highest BCUT2D eigenvalue weighted by molar-refractivity contribution is 5.90. The lowest BCUT2D eigenvalue weighted by Gasteiger charge is -2.38. The Bertz CT molecular complexity index is 1600. The first-order chi connectivity index (χ1) is 21.4. The molecule has 1 amide bonds. The molecule has 12 nitrogen and oxygen atoms in total. The second kappa shape index (κ2) is 14.8. The van der Waals surface area contributed by atoms with Gasteiger partial charge >= 0.3 is 30.0 Å². The predicted molar refractivity (Wildman–Crippen MR) is 168 cm³/mol. The highest BCUT2D eigenvalue weighted by Gasteiger charge is 2.44. The topological polar surface area (TPSA) is 151 Å². The van der Waals surface area contributed by atoms with E-state index in [-0.39, 0.29) is 18.1 Å². The van der Waals surface area contributed by atoms with Crippen molar-refractivity contribution >= 4 is 35.8 Å². The van der Waals surface area contributed by atoms with Gasteiger partial charge in [0.2, 0.25) is 0 Å². The van der Waals surface area contributed by atoms with E-state index in [1.807, 2.05) is 62.4 Å². The summed E-state index contributed by atoms with van der Waals surface area (Å²) in [6, 6.07) is 15.6. The number of nitrogens with zero attached hydrogens (tertiary/aromatic N) is 3. The van der Waals surface area contributed by atoms with Crippen molar-refractivity contribution in [2.45, 2.75) is 80.1 Å². The van der Waals surface area contributed by atoms with E-state index in [0.717, 1.165) is 22.3 Å². The molecular formula is C34H39N3O9. The maximum atomic E-state index is 13.4. The standard InChI is InChI=1S/C30H33N3O6.C4H6O3/c1-17-8-12-21(13-9-17)24-25(22-14-10-18(2)11-15-22)32-28-26(31-24)27(38-20(4)35)23(37-19(3)34)16-33(28)29(36)39-30(5,6)7;1-3(5)7-4(2)6/h8-15,23,27H,16H2,1-7H3;1-2H3. The van der Waals surface area contributed by atoms with Crippen LogP contribution in [0, 0.1) is 13.8 Å². The number of amides is 1. The molecule has 0 spiro atoms.